The number of hydrogen-bond acceptors (Lipinski definition) is 1. The molecule has 1 aromatic carbocycles. The molecule has 0 saturated carbocycles. The molecule has 1 aromatic rings. The van der Waals surface area contributed by atoms with Crippen LogP contribution in [0.2, 0.25) is 0 Å². The fourth-order valence-electron chi connectivity index (χ4n) is 0.601. The summed E-state index contributed by atoms with van der Waals surface area (Å²) in [4.78, 5) is 0.572. The molecule has 60 valence electrons. The van der Waals surface area contributed by atoms with E-state index in [1.165, 1.54) is 0 Å². The molecule has 0 bridgehead atoms. The molecule has 0 aromatic heterocycles. The molecule has 2 N–H and O–H groups in total. The molecule has 0 radical (unpaired) electrons. The van der Waals surface area contributed by atoms with E-state index < -0.39 is 9.05 Å². The molecule has 0 aliphatic carbocycles. The van der Waals surface area contributed by atoms with Crippen molar-refractivity contribution < 1.29 is 13.3 Å². The van der Waals surface area contributed by atoms with E-state index in [0.29, 0.717) is 15.2 Å². The van der Waals surface area contributed by atoms with Gasteiger partial charge in [-0.2, -0.15) is 4.21 Å². The van der Waals surface area contributed by atoms with Crippen LogP contribution in [0.3, 0.4) is 0 Å². The van der Waals surface area contributed by atoms with Gasteiger partial charge < -0.3 is 0 Å². The van der Waals surface area contributed by atoms with Gasteiger partial charge in [-0.15, -0.1) is 0 Å². The minimum atomic E-state index is -3.71. The third-order valence-electron chi connectivity index (χ3n) is 0.948. The zero-order valence-corrected chi connectivity index (χ0v) is 7.14. The highest BCUT2D eigenvalue weighted by atomic mass is 32.9. The van der Waals surface area contributed by atoms with Crippen molar-refractivity contribution >= 4 is 19.4 Å². The van der Waals surface area contributed by atoms with Crippen LogP contribution in [0.4, 0.5) is 0 Å². The number of rotatable bonds is 1. The maximum atomic E-state index is 10.4. The van der Waals surface area contributed by atoms with Gasteiger partial charge in [-0.1, -0.05) is 18.2 Å². The Bertz CT molecular complexity index is 330. The molecular formula is C6H7O3S2+. The lowest BCUT2D eigenvalue weighted by atomic mass is 10.4. The van der Waals surface area contributed by atoms with Crippen LogP contribution in [-0.4, -0.2) is 13.3 Å². The van der Waals surface area contributed by atoms with E-state index in [2.05, 4.69) is 0 Å². The Kier molecular flexibility index (Phi) is 2.56. The molecular weight excluding hydrogens is 184 g/mol. The molecule has 11 heavy (non-hydrogen) atoms. The second-order valence-electron chi connectivity index (χ2n) is 1.84. The lowest BCUT2D eigenvalue weighted by molar-refractivity contribution is 0.450. The molecule has 0 unspecified atom stereocenters. The summed E-state index contributed by atoms with van der Waals surface area (Å²) in [7, 11) is -3.17. The fourth-order valence-corrected chi connectivity index (χ4v) is 2.21. The Morgan fingerprint density at radius 2 is 1.73 bits per heavy atom. The Morgan fingerprint density at radius 1 is 1.18 bits per heavy atom. The lowest BCUT2D eigenvalue weighted by Gasteiger charge is -1.78. The summed E-state index contributed by atoms with van der Waals surface area (Å²) in [6.45, 7) is 0. The highest BCUT2D eigenvalue weighted by Crippen LogP contribution is 1.99. The van der Waals surface area contributed by atoms with Gasteiger partial charge in [0.25, 0.3) is 0 Å². The summed E-state index contributed by atoms with van der Waals surface area (Å²) in [5, 5.41) is 0. The summed E-state index contributed by atoms with van der Waals surface area (Å²) in [6.07, 6.45) is 0. The summed E-state index contributed by atoms with van der Waals surface area (Å²) in [5.74, 6) is 0. The monoisotopic (exact) mass is 191 g/mol. The molecule has 0 spiro atoms. The van der Waals surface area contributed by atoms with Gasteiger partial charge in [-0.05, 0) is 0 Å². The van der Waals surface area contributed by atoms with Crippen LogP contribution in [0, 0.1) is 0 Å². The normalized spacial score (nSPS) is 11.1. The van der Waals surface area contributed by atoms with Crippen LogP contribution in [0.25, 0.3) is 0 Å². The zero-order valence-electron chi connectivity index (χ0n) is 5.51. The molecule has 0 amide bonds. The third-order valence-corrected chi connectivity index (χ3v) is 2.86. The second kappa shape index (κ2) is 3.27. The smallest absolute Gasteiger partial charge is 0.251 e. The van der Waals surface area contributed by atoms with Gasteiger partial charge in [0, 0.05) is 12.1 Å². The van der Waals surface area contributed by atoms with Gasteiger partial charge >= 0.3 is 19.4 Å². The van der Waals surface area contributed by atoms with Gasteiger partial charge in [-0.25, -0.2) is 0 Å². The fraction of sp³-hybridized carbons (Fsp3) is 0. The highest BCUT2D eigenvalue weighted by Gasteiger charge is 2.11. The Labute approximate surface area is 68.4 Å². The van der Waals surface area contributed by atoms with Gasteiger partial charge in [0.05, 0.1) is 0 Å². The average molecular weight is 191 g/mol. The highest BCUT2D eigenvalue weighted by molar-refractivity contribution is 8.34. The van der Waals surface area contributed by atoms with Crippen molar-refractivity contribution in [1.82, 2.24) is 0 Å². The Balaban J connectivity index is 3.08. The van der Waals surface area contributed by atoms with Crippen LogP contribution in [0.5, 0.6) is 0 Å². The molecule has 3 nitrogen and oxygen atoms in total. The molecule has 0 fully saturated rings. The number of benzene rings is 1. The van der Waals surface area contributed by atoms with Crippen LogP contribution in [0.15, 0.2) is 35.2 Å². The average Bonchev–Trinajstić information content (AvgIpc) is 1.85. The van der Waals surface area contributed by atoms with E-state index in [9.17, 15) is 4.21 Å². The maximum absolute atomic E-state index is 10.4. The summed E-state index contributed by atoms with van der Waals surface area (Å²) in [6, 6.07) is 8.55. The lowest BCUT2D eigenvalue weighted by Crippen LogP contribution is -1.94. The van der Waals surface area contributed by atoms with Gasteiger partial charge in [0.15, 0.2) is 0 Å². The van der Waals surface area contributed by atoms with Gasteiger partial charge in [0.1, 0.15) is 0 Å². The quantitative estimate of drug-likeness (QED) is 0.657. The molecule has 0 aliphatic heterocycles. The van der Waals surface area contributed by atoms with E-state index >= 15 is 0 Å². The second-order valence-corrected chi connectivity index (χ2v) is 5.18. The van der Waals surface area contributed by atoms with E-state index in [0.717, 1.165) is 0 Å². The predicted octanol–water partition coefficient (Wildman–Crippen LogP) is 1.27. The van der Waals surface area contributed by atoms with E-state index in [-0.39, 0.29) is 0 Å². The molecule has 0 heterocycles. The third kappa shape index (κ3) is 3.43. The minimum Gasteiger partial charge on any atom is -0.251 e. The van der Waals surface area contributed by atoms with Crippen molar-refractivity contribution in [3.8, 4) is 0 Å². The van der Waals surface area contributed by atoms with Crippen LogP contribution >= 0.6 is 0 Å². The summed E-state index contributed by atoms with van der Waals surface area (Å²) in [5.41, 5.74) is 0. The van der Waals surface area contributed by atoms with Crippen molar-refractivity contribution in [3.63, 3.8) is 0 Å². The maximum Gasteiger partial charge on any atom is 0.436 e. The van der Waals surface area contributed by atoms with Crippen molar-refractivity contribution in [2.24, 2.45) is 0 Å². The van der Waals surface area contributed by atoms with Crippen molar-refractivity contribution in [2.75, 3.05) is 0 Å². The van der Waals surface area contributed by atoms with Crippen molar-refractivity contribution in [1.29, 1.82) is 0 Å². The van der Waals surface area contributed by atoms with E-state index in [1.807, 2.05) is 0 Å². The van der Waals surface area contributed by atoms with Crippen LogP contribution in [0.1, 0.15) is 0 Å². The summed E-state index contributed by atoms with van der Waals surface area (Å²) >= 11 is 0. The Hall–Kier alpha value is -0.490. The van der Waals surface area contributed by atoms with Crippen molar-refractivity contribution in [2.45, 2.75) is 4.90 Å². The first-order valence-electron chi connectivity index (χ1n) is 2.81. The topological polar surface area (TPSA) is 57.5 Å². The molecule has 5 heteroatoms. The van der Waals surface area contributed by atoms with Gasteiger partial charge in [-0.3, -0.25) is 9.11 Å². The summed E-state index contributed by atoms with van der Waals surface area (Å²) < 4.78 is 27.5. The van der Waals surface area contributed by atoms with Crippen LogP contribution in [-0.2, 0) is 19.4 Å². The predicted molar refractivity (Wildman–Crippen MR) is 45.5 cm³/mol. The standard InChI is InChI=1S/C6H6O3S2/c7-11(8,9)10-6-4-2-1-3-5-6/h1-5H,(H-,7,8,9)/p+1. The minimum absolute atomic E-state index is 0.540. The van der Waals surface area contributed by atoms with Crippen LogP contribution < -0.4 is 0 Å². The zero-order chi connectivity index (χ0) is 8.32. The van der Waals surface area contributed by atoms with Crippen molar-refractivity contribution in [3.05, 3.63) is 30.3 Å². The van der Waals surface area contributed by atoms with E-state index in [1.54, 1.807) is 30.3 Å². The largest absolute Gasteiger partial charge is 0.436 e. The molecule has 0 saturated heterocycles. The SMILES string of the molecule is O=S(O)(O)=[S+]c1ccccc1. The Morgan fingerprint density at radius 3 is 2.18 bits per heavy atom. The van der Waals surface area contributed by atoms with Gasteiger partial charge in [0.2, 0.25) is 4.90 Å². The number of hydrogen-bond donors (Lipinski definition) is 2. The molecule has 1 rings (SSSR count). The molecule has 0 atom stereocenters. The first-order chi connectivity index (χ1) is 5.08. The first-order valence-corrected chi connectivity index (χ1v) is 5.62. The van der Waals surface area contributed by atoms with E-state index in [4.69, 9.17) is 9.11 Å². The first kappa shape index (κ1) is 8.61. The molecule has 0 aliphatic rings.